The van der Waals surface area contributed by atoms with E-state index in [2.05, 4.69) is 89.6 Å². The molecule has 0 saturated carbocycles. The van der Waals surface area contributed by atoms with Crippen LogP contribution in [-0.2, 0) is 0 Å². The maximum absolute atomic E-state index is 4.94. The number of rotatable bonds is 9. The van der Waals surface area contributed by atoms with Gasteiger partial charge in [0.1, 0.15) is 10.0 Å². The van der Waals surface area contributed by atoms with E-state index in [9.17, 15) is 0 Å². The average molecular weight is 839 g/mol. The molecule has 50 heavy (non-hydrogen) atoms. The maximum atomic E-state index is 4.94. The molecule has 0 unspecified atom stereocenters. The van der Waals surface area contributed by atoms with Crippen molar-refractivity contribution in [3.63, 3.8) is 0 Å². The fourth-order valence-corrected chi connectivity index (χ4v) is 18.0. The Bertz CT molecular complexity index is 2330. The lowest BCUT2D eigenvalue weighted by Crippen LogP contribution is -1.78. The van der Waals surface area contributed by atoms with Gasteiger partial charge >= 0.3 is 0 Å². The highest BCUT2D eigenvalue weighted by atomic mass is 33.1. The molecule has 0 N–H and O–H groups in total. The summed E-state index contributed by atoms with van der Waals surface area (Å²) in [7, 11) is 3.75. The van der Waals surface area contributed by atoms with Crippen LogP contribution in [-0.4, -0.2) is 19.9 Å². The Morgan fingerprint density at radius 3 is 1.18 bits per heavy atom. The van der Waals surface area contributed by atoms with Crippen molar-refractivity contribution in [3.05, 3.63) is 80.3 Å². The largest absolute Gasteiger partial charge is 0.249 e. The molecule has 0 aliphatic heterocycles. The summed E-state index contributed by atoms with van der Waals surface area (Å²) in [4.78, 5) is 31.7. The van der Waals surface area contributed by atoms with E-state index in [0.717, 1.165) is 32.8 Å². The van der Waals surface area contributed by atoms with Crippen molar-refractivity contribution in [2.75, 3.05) is 0 Å². The van der Waals surface area contributed by atoms with E-state index >= 15 is 0 Å². The summed E-state index contributed by atoms with van der Waals surface area (Å²) in [6.45, 7) is 17.3. The normalized spacial score (nSPS) is 11.8. The SMILES string of the molecule is Cc1cc(SSc2cc(C)c(-c3cc(C)c(-c4sc(-c5scnc5C)nc4C)s3)s2)sc1-c1cc(C)c(-c2sc(-c3scnc3C)nc2C)s1. The molecule has 8 heterocycles. The minimum absolute atomic E-state index is 1.06. The Morgan fingerprint density at radius 1 is 0.400 bits per heavy atom. The highest BCUT2D eigenvalue weighted by Crippen LogP contribution is 2.52. The minimum Gasteiger partial charge on any atom is -0.249 e. The predicted molar refractivity (Wildman–Crippen MR) is 229 cm³/mol. The van der Waals surface area contributed by atoms with Gasteiger partial charge in [0.25, 0.3) is 0 Å². The van der Waals surface area contributed by atoms with E-state index in [4.69, 9.17) is 9.97 Å². The number of aromatic nitrogens is 4. The topological polar surface area (TPSA) is 51.6 Å². The number of hydrogen-bond donors (Lipinski definition) is 0. The fraction of sp³-hybridized carbons (Fsp3) is 0.222. The van der Waals surface area contributed by atoms with Gasteiger partial charge in [-0.3, -0.25) is 0 Å². The summed E-state index contributed by atoms with van der Waals surface area (Å²) in [6, 6.07) is 9.42. The fourth-order valence-electron chi connectivity index (χ4n) is 5.62. The molecular formula is C36H30N4S10. The summed E-state index contributed by atoms with van der Waals surface area (Å²) < 4.78 is 2.67. The highest BCUT2D eigenvalue weighted by molar-refractivity contribution is 8.77. The molecular weight excluding hydrogens is 809 g/mol. The zero-order chi connectivity index (χ0) is 34.8. The summed E-state index contributed by atoms with van der Waals surface area (Å²) in [6.07, 6.45) is 0. The van der Waals surface area contributed by atoms with Gasteiger partial charge in [0.05, 0.1) is 61.7 Å². The van der Waals surface area contributed by atoms with Crippen molar-refractivity contribution in [1.29, 1.82) is 0 Å². The predicted octanol–water partition coefficient (Wildman–Crippen LogP) is 15.0. The van der Waals surface area contributed by atoms with Crippen molar-refractivity contribution in [3.8, 4) is 58.8 Å². The van der Waals surface area contributed by atoms with Gasteiger partial charge in [0, 0.05) is 29.3 Å². The number of nitrogens with zero attached hydrogens (tertiary/aromatic N) is 4. The molecule has 0 aromatic carbocycles. The van der Waals surface area contributed by atoms with E-state index in [1.54, 1.807) is 45.3 Å². The molecule has 0 amide bonds. The monoisotopic (exact) mass is 838 g/mol. The van der Waals surface area contributed by atoms with Gasteiger partial charge in [-0.2, -0.15) is 0 Å². The molecule has 0 spiro atoms. The second kappa shape index (κ2) is 14.1. The molecule has 0 bridgehead atoms. The summed E-state index contributed by atoms with van der Waals surface area (Å²) in [5.74, 6) is 0. The average Bonchev–Trinajstić information content (AvgIpc) is 3.91. The van der Waals surface area contributed by atoms with Crippen LogP contribution in [0.25, 0.3) is 58.8 Å². The first-order valence-electron chi connectivity index (χ1n) is 15.6. The van der Waals surface area contributed by atoms with E-state index in [1.807, 2.05) is 78.0 Å². The lowest BCUT2D eigenvalue weighted by Gasteiger charge is -1.96. The van der Waals surface area contributed by atoms with Gasteiger partial charge in [-0.05, 0) is 123 Å². The molecule has 8 aromatic heterocycles. The molecule has 0 atom stereocenters. The molecule has 0 radical (unpaired) electrons. The zero-order valence-corrected chi connectivity index (χ0v) is 36.5. The molecule has 8 aromatic rings. The van der Waals surface area contributed by atoms with Gasteiger partial charge in [-0.25, -0.2) is 19.9 Å². The quantitative estimate of drug-likeness (QED) is 0.135. The zero-order valence-electron chi connectivity index (χ0n) is 28.3. The molecule has 14 heteroatoms. The van der Waals surface area contributed by atoms with Crippen molar-refractivity contribution >= 4 is 112 Å². The Kier molecular flexibility index (Phi) is 9.89. The second-order valence-electron chi connectivity index (χ2n) is 12.0. The van der Waals surface area contributed by atoms with Crippen molar-refractivity contribution in [2.24, 2.45) is 0 Å². The van der Waals surface area contributed by atoms with E-state index in [-0.39, 0.29) is 0 Å². The third kappa shape index (κ3) is 6.58. The summed E-state index contributed by atoms with van der Waals surface area (Å²) in [5.41, 5.74) is 13.4. The number of aryl methyl sites for hydroxylation is 8. The van der Waals surface area contributed by atoms with Crippen LogP contribution in [0, 0.1) is 55.4 Å². The van der Waals surface area contributed by atoms with E-state index < -0.39 is 0 Å². The van der Waals surface area contributed by atoms with Crippen molar-refractivity contribution < 1.29 is 0 Å². The number of hydrogen-bond acceptors (Lipinski definition) is 14. The Labute approximate surface area is 331 Å². The van der Waals surface area contributed by atoms with Crippen LogP contribution in [0.3, 0.4) is 0 Å². The van der Waals surface area contributed by atoms with Crippen LogP contribution < -0.4 is 0 Å². The summed E-state index contributed by atoms with van der Waals surface area (Å²) in [5, 5.41) is 2.14. The van der Waals surface area contributed by atoms with Gasteiger partial charge < -0.3 is 0 Å². The molecule has 254 valence electrons. The van der Waals surface area contributed by atoms with Crippen LogP contribution in [0.2, 0.25) is 0 Å². The van der Waals surface area contributed by atoms with Gasteiger partial charge in [-0.15, -0.1) is 90.7 Å². The molecule has 0 fully saturated rings. The van der Waals surface area contributed by atoms with Crippen LogP contribution in [0.4, 0.5) is 0 Å². The lowest BCUT2D eigenvalue weighted by molar-refractivity contribution is 1.24. The number of thiophene rings is 4. The van der Waals surface area contributed by atoms with Crippen LogP contribution >= 0.6 is 112 Å². The first-order valence-corrected chi connectivity index (χ1v) is 24.4. The maximum Gasteiger partial charge on any atom is 0.136 e. The molecule has 4 nitrogen and oxygen atoms in total. The van der Waals surface area contributed by atoms with Gasteiger partial charge in [-0.1, -0.05) is 0 Å². The Balaban J connectivity index is 0.992. The molecule has 8 rings (SSSR count). The van der Waals surface area contributed by atoms with Crippen LogP contribution in [0.5, 0.6) is 0 Å². The number of thiazole rings is 4. The van der Waals surface area contributed by atoms with Crippen molar-refractivity contribution in [1.82, 2.24) is 19.9 Å². The Hall–Kier alpha value is -1.98. The third-order valence-corrected chi connectivity index (χ3v) is 21.5. The standard InChI is InChI=1S/C36H30N4S10/c1-15-9-23(43-29(15)31-21(7)39-35(47-31)33-19(5)37-13-41-33)27-17(3)11-25(45-27)49-50-26-12-18(4)28(46-26)24-10-16(2)30(44-24)32-22(8)40-36(48-32)34-20(6)38-14-42-34/h9-14H,1-8H3. The molecule has 0 saturated heterocycles. The van der Waals surface area contributed by atoms with Crippen molar-refractivity contribution in [2.45, 2.75) is 63.8 Å². The van der Waals surface area contributed by atoms with Gasteiger partial charge in [0.15, 0.2) is 0 Å². The van der Waals surface area contributed by atoms with Gasteiger partial charge in [0.2, 0.25) is 0 Å². The molecule has 0 aliphatic rings. The second-order valence-corrected chi connectivity index (χ2v) is 22.6. The van der Waals surface area contributed by atoms with E-state index in [0.29, 0.717) is 0 Å². The third-order valence-electron chi connectivity index (χ3n) is 8.16. The van der Waals surface area contributed by atoms with Crippen LogP contribution in [0.1, 0.15) is 45.0 Å². The minimum atomic E-state index is 1.06. The van der Waals surface area contributed by atoms with Crippen LogP contribution in [0.15, 0.2) is 43.7 Å². The first-order chi connectivity index (χ1) is 24.0. The lowest BCUT2D eigenvalue weighted by atomic mass is 10.2. The summed E-state index contributed by atoms with van der Waals surface area (Å²) >= 11 is 14.5. The Morgan fingerprint density at radius 2 is 0.800 bits per heavy atom. The van der Waals surface area contributed by atoms with E-state index in [1.165, 1.54) is 79.4 Å². The first kappa shape index (κ1) is 35.1. The highest BCUT2D eigenvalue weighted by Gasteiger charge is 2.22. The molecule has 0 aliphatic carbocycles. The smallest absolute Gasteiger partial charge is 0.136 e.